The SMILES string of the molecule is CC(C)c1cc(/C=C2/CCOC2)ccc1N. The van der Waals surface area contributed by atoms with Crippen molar-refractivity contribution in [2.75, 3.05) is 18.9 Å². The Kier molecular flexibility index (Phi) is 3.30. The number of hydrogen-bond donors (Lipinski definition) is 1. The van der Waals surface area contributed by atoms with E-state index in [1.807, 2.05) is 6.07 Å². The molecule has 1 heterocycles. The Morgan fingerprint density at radius 2 is 2.19 bits per heavy atom. The zero-order valence-electron chi connectivity index (χ0n) is 9.99. The van der Waals surface area contributed by atoms with E-state index in [-0.39, 0.29) is 0 Å². The van der Waals surface area contributed by atoms with Crippen LogP contribution in [0.15, 0.2) is 23.8 Å². The van der Waals surface area contributed by atoms with Crippen LogP contribution in [0.25, 0.3) is 6.08 Å². The number of ether oxygens (including phenoxy) is 1. The summed E-state index contributed by atoms with van der Waals surface area (Å²) in [5, 5.41) is 0. The molecule has 1 saturated heterocycles. The van der Waals surface area contributed by atoms with Gasteiger partial charge in [-0.05, 0) is 41.2 Å². The summed E-state index contributed by atoms with van der Waals surface area (Å²) in [7, 11) is 0. The van der Waals surface area contributed by atoms with Crippen molar-refractivity contribution in [2.24, 2.45) is 0 Å². The highest BCUT2D eigenvalue weighted by Gasteiger charge is 2.08. The van der Waals surface area contributed by atoms with Gasteiger partial charge in [0, 0.05) is 5.69 Å². The Morgan fingerprint density at radius 1 is 1.38 bits per heavy atom. The first-order valence-electron chi connectivity index (χ1n) is 5.83. The van der Waals surface area contributed by atoms with E-state index in [4.69, 9.17) is 10.5 Å². The fourth-order valence-corrected chi connectivity index (χ4v) is 2.01. The molecule has 0 spiro atoms. The van der Waals surface area contributed by atoms with Crippen LogP contribution in [0.4, 0.5) is 5.69 Å². The van der Waals surface area contributed by atoms with Crippen LogP contribution in [0.2, 0.25) is 0 Å². The molecule has 0 amide bonds. The van der Waals surface area contributed by atoms with Crippen LogP contribution in [0.3, 0.4) is 0 Å². The van der Waals surface area contributed by atoms with Crippen LogP contribution in [0, 0.1) is 0 Å². The van der Waals surface area contributed by atoms with Crippen LogP contribution in [-0.2, 0) is 4.74 Å². The molecule has 1 aromatic carbocycles. The van der Waals surface area contributed by atoms with Crippen molar-refractivity contribution < 1.29 is 4.74 Å². The second-order valence-corrected chi connectivity index (χ2v) is 4.65. The third-order valence-electron chi connectivity index (χ3n) is 2.96. The lowest BCUT2D eigenvalue weighted by Gasteiger charge is -2.10. The van der Waals surface area contributed by atoms with Crippen molar-refractivity contribution in [2.45, 2.75) is 26.2 Å². The highest BCUT2D eigenvalue weighted by molar-refractivity contribution is 5.60. The minimum absolute atomic E-state index is 0.471. The number of rotatable bonds is 2. The van der Waals surface area contributed by atoms with Gasteiger partial charge in [0.1, 0.15) is 0 Å². The third kappa shape index (κ3) is 2.45. The van der Waals surface area contributed by atoms with E-state index in [0.717, 1.165) is 25.3 Å². The van der Waals surface area contributed by atoms with Crippen LogP contribution in [0.5, 0.6) is 0 Å². The van der Waals surface area contributed by atoms with E-state index in [2.05, 4.69) is 32.1 Å². The summed E-state index contributed by atoms with van der Waals surface area (Å²) in [4.78, 5) is 0. The van der Waals surface area contributed by atoms with Gasteiger partial charge in [-0.25, -0.2) is 0 Å². The molecule has 86 valence electrons. The molecule has 1 aromatic rings. The summed E-state index contributed by atoms with van der Waals surface area (Å²) in [5.74, 6) is 0.471. The highest BCUT2D eigenvalue weighted by atomic mass is 16.5. The average Bonchev–Trinajstić information content (AvgIpc) is 2.73. The molecule has 2 rings (SSSR count). The summed E-state index contributed by atoms with van der Waals surface area (Å²) < 4.78 is 5.34. The number of anilines is 1. The lowest BCUT2D eigenvalue weighted by atomic mass is 9.98. The number of benzene rings is 1. The Bertz CT molecular complexity index is 399. The maximum Gasteiger partial charge on any atom is 0.0681 e. The van der Waals surface area contributed by atoms with E-state index in [1.165, 1.54) is 16.7 Å². The van der Waals surface area contributed by atoms with E-state index in [1.54, 1.807) is 0 Å². The zero-order chi connectivity index (χ0) is 11.5. The van der Waals surface area contributed by atoms with Gasteiger partial charge in [0.05, 0.1) is 13.2 Å². The number of nitrogen functional groups attached to an aromatic ring is 1. The first kappa shape index (κ1) is 11.2. The standard InChI is InChI=1S/C14H19NO/c1-10(2)13-8-11(3-4-14(13)15)7-12-5-6-16-9-12/h3-4,7-8,10H,5-6,9,15H2,1-2H3/b12-7-. The number of nitrogens with two attached hydrogens (primary N) is 1. The predicted molar refractivity (Wildman–Crippen MR) is 68.4 cm³/mol. The van der Waals surface area contributed by atoms with Crippen molar-refractivity contribution >= 4 is 11.8 Å². The quantitative estimate of drug-likeness (QED) is 0.772. The average molecular weight is 217 g/mol. The van der Waals surface area contributed by atoms with Crippen LogP contribution >= 0.6 is 0 Å². The predicted octanol–water partition coefficient (Wildman–Crippen LogP) is 3.20. The molecule has 1 fully saturated rings. The largest absolute Gasteiger partial charge is 0.398 e. The molecule has 2 N–H and O–H groups in total. The summed E-state index contributed by atoms with van der Waals surface area (Å²) in [5.41, 5.74) is 10.7. The van der Waals surface area contributed by atoms with E-state index in [0.29, 0.717) is 5.92 Å². The molecule has 0 unspecified atom stereocenters. The smallest absolute Gasteiger partial charge is 0.0681 e. The normalized spacial score (nSPS) is 18.6. The van der Waals surface area contributed by atoms with Crippen molar-refractivity contribution in [3.05, 3.63) is 34.9 Å². The van der Waals surface area contributed by atoms with Gasteiger partial charge in [-0.2, -0.15) is 0 Å². The van der Waals surface area contributed by atoms with Gasteiger partial charge in [-0.3, -0.25) is 0 Å². The molecule has 1 aliphatic rings. The maximum absolute atomic E-state index is 5.95. The minimum atomic E-state index is 0.471. The van der Waals surface area contributed by atoms with E-state index >= 15 is 0 Å². The Labute approximate surface area is 97.1 Å². The van der Waals surface area contributed by atoms with E-state index < -0.39 is 0 Å². The molecule has 0 radical (unpaired) electrons. The topological polar surface area (TPSA) is 35.2 Å². The Morgan fingerprint density at radius 3 is 2.81 bits per heavy atom. The van der Waals surface area contributed by atoms with Gasteiger partial charge < -0.3 is 10.5 Å². The van der Waals surface area contributed by atoms with Crippen molar-refractivity contribution in [3.63, 3.8) is 0 Å². The van der Waals surface area contributed by atoms with Gasteiger partial charge >= 0.3 is 0 Å². The molecule has 0 aliphatic carbocycles. The van der Waals surface area contributed by atoms with Gasteiger partial charge in [-0.1, -0.05) is 26.0 Å². The third-order valence-corrected chi connectivity index (χ3v) is 2.96. The Balaban J connectivity index is 2.28. The van der Waals surface area contributed by atoms with Crippen LogP contribution in [0.1, 0.15) is 37.3 Å². The molecule has 0 bridgehead atoms. The highest BCUT2D eigenvalue weighted by Crippen LogP contribution is 2.25. The van der Waals surface area contributed by atoms with Crippen molar-refractivity contribution in [1.29, 1.82) is 0 Å². The number of hydrogen-bond acceptors (Lipinski definition) is 2. The van der Waals surface area contributed by atoms with Crippen molar-refractivity contribution in [1.82, 2.24) is 0 Å². The van der Waals surface area contributed by atoms with Gasteiger partial charge in [-0.15, -0.1) is 0 Å². The van der Waals surface area contributed by atoms with E-state index in [9.17, 15) is 0 Å². The molecule has 1 aliphatic heterocycles. The summed E-state index contributed by atoms with van der Waals surface area (Å²) in [6, 6.07) is 6.26. The van der Waals surface area contributed by atoms with Gasteiger partial charge in [0.15, 0.2) is 0 Å². The lowest BCUT2D eigenvalue weighted by molar-refractivity contribution is 0.205. The monoisotopic (exact) mass is 217 g/mol. The van der Waals surface area contributed by atoms with Gasteiger partial charge in [0.2, 0.25) is 0 Å². The minimum Gasteiger partial charge on any atom is -0.398 e. The molecular weight excluding hydrogens is 198 g/mol. The maximum atomic E-state index is 5.95. The molecule has 16 heavy (non-hydrogen) atoms. The van der Waals surface area contributed by atoms with Crippen molar-refractivity contribution in [3.8, 4) is 0 Å². The first-order valence-corrected chi connectivity index (χ1v) is 5.83. The van der Waals surface area contributed by atoms with Gasteiger partial charge in [0.25, 0.3) is 0 Å². The summed E-state index contributed by atoms with van der Waals surface area (Å²) in [6.07, 6.45) is 3.28. The molecule has 0 saturated carbocycles. The zero-order valence-corrected chi connectivity index (χ0v) is 9.99. The fourth-order valence-electron chi connectivity index (χ4n) is 2.01. The second-order valence-electron chi connectivity index (χ2n) is 4.65. The second kappa shape index (κ2) is 4.71. The molecule has 2 nitrogen and oxygen atoms in total. The summed E-state index contributed by atoms with van der Waals surface area (Å²) in [6.45, 7) is 5.97. The molecule has 2 heteroatoms. The fraction of sp³-hybridized carbons (Fsp3) is 0.429. The first-order chi connectivity index (χ1) is 7.66. The summed E-state index contributed by atoms with van der Waals surface area (Å²) >= 11 is 0. The van der Waals surface area contributed by atoms with Crippen LogP contribution in [-0.4, -0.2) is 13.2 Å². The molecule has 0 aromatic heterocycles. The Hall–Kier alpha value is -1.28. The van der Waals surface area contributed by atoms with Crippen LogP contribution < -0.4 is 5.73 Å². The lowest BCUT2D eigenvalue weighted by Crippen LogP contribution is -1.96. The molecule has 0 atom stereocenters. The molecular formula is C14H19NO.